The smallest absolute Gasteiger partial charge is 0.0824 e. The molecule has 0 fully saturated rings. The van der Waals surface area contributed by atoms with Crippen molar-refractivity contribution in [3.63, 3.8) is 0 Å². The topological polar surface area (TPSA) is 58.9 Å². The van der Waals surface area contributed by atoms with Crippen LogP contribution in [0.5, 0.6) is 0 Å². The molecule has 0 aliphatic heterocycles. The molecule has 0 aliphatic carbocycles. The van der Waals surface area contributed by atoms with Crippen LogP contribution in [0.3, 0.4) is 0 Å². The average molecular weight is 192 g/mol. The van der Waals surface area contributed by atoms with Gasteiger partial charge >= 0.3 is 0 Å². The van der Waals surface area contributed by atoms with Crippen LogP contribution >= 0.6 is 0 Å². The van der Waals surface area contributed by atoms with Gasteiger partial charge in [0.2, 0.25) is 0 Å². The Labute approximate surface area is 79.5 Å². The van der Waals surface area contributed by atoms with Crippen LogP contribution in [0.2, 0.25) is 0 Å². The fourth-order valence-electron chi connectivity index (χ4n) is 0.708. The van der Waals surface area contributed by atoms with E-state index in [0.717, 1.165) is 0 Å². The second-order valence-electron chi connectivity index (χ2n) is 3.73. The molecule has 0 rings (SSSR count). The van der Waals surface area contributed by atoms with Crippen molar-refractivity contribution in [3.8, 4) is 0 Å². The summed E-state index contributed by atoms with van der Waals surface area (Å²) in [5.74, 6) is 0. The summed E-state index contributed by atoms with van der Waals surface area (Å²) in [6.07, 6.45) is -0.0574. The SMILES string of the molecule is CC(COCCO)OCC(C)(C)O. The lowest BCUT2D eigenvalue weighted by atomic mass is 10.2. The Morgan fingerprint density at radius 1 is 1.38 bits per heavy atom. The highest BCUT2D eigenvalue weighted by Crippen LogP contribution is 2.03. The van der Waals surface area contributed by atoms with E-state index in [1.165, 1.54) is 0 Å². The van der Waals surface area contributed by atoms with Crippen LogP contribution < -0.4 is 0 Å². The highest BCUT2D eigenvalue weighted by Gasteiger charge is 2.14. The van der Waals surface area contributed by atoms with Gasteiger partial charge in [0.1, 0.15) is 0 Å². The van der Waals surface area contributed by atoms with Gasteiger partial charge in [-0.05, 0) is 20.8 Å². The van der Waals surface area contributed by atoms with Crippen LogP contribution in [0, 0.1) is 0 Å². The molecule has 1 atom stereocenters. The molecular weight excluding hydrogens is 172 g/mol. The summed E-state index contributed by atoms with van der Waals surface area (Å²) in [5.41, 5.74) is -0.800. The summed E-state index contributed by atoms with van der Waals surface area (Å²) < 4.78 is 10.3. The molecule has 2 N–H and O–H groups in total. The maximum atomic E-state index is 9.33. The van der Waals surface area contributed by atoms with Crippen LogP contribution in [0.15, 0.2) is 0 Å². The standard InChI is InChI=1S/C9H20O4/c1-8(6-12-5-4-10)13-7-9(2,3)11/h8,10-11H,4-7H2,1-3H3. The minimum absolute atomic E-state index is 0.0260. The Morgan fingerprint density at radius 3 is 2.46 bits per heavy atom. The Kier molecular flexibility index (Phi) is 6.24. The molecule has 0 radical (unpaired) electrons. The van der Waals surface area contributed by atoms with Crippen LogP contribution in [-0.2, 0) is 9.47 Å². The van der Waals surface area contributed by atoms with Gasteiger partial charge in [-0.2, -0.15) is 0 Å². The van der Waals surface area contributed by atoms with Crippen molar-refractivity contribution in [2.24, 2.45) is 0 Å². The molecule has 0 saturated carbocycles. The molecule has 4 heteroatoms. The minimum Gasteiger partial charge on any atom is -0.394 e. The lowest BCUT2D eigenvalue weighted by molar-refractivity contribution is -0.0733. The number of ether oxygens (including phenoxy) is 2. The fourth-order valence-corrected chi connectivity index (χ4v) is 0.708. The average Bonchev–Trinajstić information content (AvgIpc) is 2.00. The van der Waals surface area contributed by atoms with E-state index in [9.17, 15) is 5.11 Å². The first-order valence-electron chi connectivity index (χ1n) is 4.48. The largest absolute Gasteiger partial charge is 0.394 e. The Balaban J connectivity index is 3.35. The zero-order valence-electron chi connectivity index (χ0n) is 8.62. The Hall–Kier alpha value is -0.160. The van der Waals surface area contributed by atoms with Gasteiger partial charge in [0.05, 0.1) is 38.1 Å². The molecule has 1 unspecified atom stereocenters. The van der Waals surface area contributed by atoms with Crippen molar-refractivity contribution in [1.82, 2.24) is 0 Å². The number of rotatable bonds is 7. The van der Waals surface area contributed by atoms with Crippen LogP contribution in [0.1, 0.15) is 20.8 Å². The molecule has 0 bridgehead atoms. The minimum atomic E-state index is -0.800. The summed E-state index contributed by atoms with van der Waals surface area (Å²) in [4.78, 5) is 0. The molecule has 13 heavy (non-hydrogen) atoms. The van der Waals surface area contributed by atoms with Crippen molar-refractivity contribution in [2.75, 3.05) is 26.4 Å². The van der Waals surface area contributed by atoms with E-state index >= 15 is 0 Å². The predicted octanol–water partition coefficient (Wildman–Crippen LogP) is 0.171. The third-order valence-corrected chi connectivity index (χ3v) is 1.31. The zero-order chi connectivity index (χ0) is 10.3. The molecule has 80 valence electrons. The van der Waals surface area contributed by atoms with Crippen molar-refractivity contribution in [1.29, 1.82) is 0 Å². The predicted molar refractivity (Wildman–Crippen MR) is 49.6 cm³/mol. The van der Waals surface area contributed by atoms with Crippen LogP contribution in [0.4, 0.5) is 0 Å². The van der Waals surface area contributed by atoms with Gasteiger partial charge in [-0.3, -0.25) is 0 Å². The molecule has 4 nitrogen and oxygen atoms in total. The maximum absolute atomic E-state index is 9.33. The summed E-state index contributed by atoms with van der Waals surface area (Å²) in [6, 6.07) is 0. The lowest BCUT2D eigenvalue weighted by Crippen LogP contribution is -2.30. The third-order valence-electron chi connectivity index (χ3n) is 1.31. The summed E-state index contributed by atoms with van der Waals surface area (Å²) in [7, 11) is 0. The van der Waals surface area contributed by atoms with E-state index in [4.69, 9.17) is 14.6 Å². The van der Waals surface area contributed by atoms with Crippen molar-refractivity contribution >= 4 is 0 Å². The van der Waals surface area contributed by atoms with Crippen LogP contribution in [-0.4, -0.2) is 48.3 Å². The molecule has 0 amide bonds. The molecule has 0 aromatic rings. The second kappa shape index (κ2) is 6.32. The van der Waals surface area contributed by atoms with Gasteiger partial charge in [0.25, 0.3) is 0 Å². The highest BCUT2D eigenvalue weighted by atomic mass is 16.5. The van der Waals surface area contributed by atoms with E-state index in [-0.39, 0.29) is 19.3 Å². The van der Waals surface area contributed by atoms with E-state index in [0.29, 0.717) is 13.2 Å². The van der Waals surface area contributed by atoms with Crippen molar-refractivity contribution in [2.45, 2.75) is 32.5 Å². The molecule has 0 aromatic heterocycles. The van der Waals surface area contributed by atoms with E-state index in [2.05, 4.69) is 0 Å². The molecule has 0 spiro atoms. The van der Waals surface area contributed by atoms with Gasteiger partial charge in [0.15, 0.2) is 0 Å². The summed E-state index contributed by atoms with van der Waals surface area (Å²) in [5, 5.41) is 17.8. The van der Waals surface area contributed by atoms with Gasteiger partial charge in [0, 0.05) is 0 Å². The fraction of sp³-hybridized carbons (Fsp3) is 1.00. The summed E-state index contributed by atoms with van der Waals surface area (Å²) in [6.45, 7) is 6.33. The number of aliphatic hydroxyl groups is 2. The number of aliphatic hydroxyl groups excluding tert-OH is 1. The normalized spacial score (nSPS) is 14.5. The monoisotopic (exact) mass is 192 g/mol. The van der Waals surface area contributed by atoms with Crippen molar-refractivity contribution < 1.29 is 19.7 Å². The quantitative estimate of drug-likeness (QED) is 0.565. The van der Waals surface area contributed by atoms with E-state index in [1.807, 2.05) is 6.92 Å². The number of hydrogen-bond donors (Lipinski definition) is 2. The summed E-state index contributed by atoms with van der Waals surface area (Å²) >= 11 is 0. The molecule has 0 saturated heterocycles. The van der Waals surface area contributed by atoms with Gasteiger partial charge in [-0.25, -0.2) is 0 Å². The van der Waals surface area contributed by atoms with Gasteiger partial charge in [-0.15, -0.1) is 0 Å². The molecule has 0 aliphatic rings. The van der Waals surface area contributed by atoms with Gasteiger partial charge < -0.3 is 19.7 Å². The number of hydrogen-bond acceptors (Lipinski definition) is 4. The van der Waals surface area contributed by atoms with E-state index in [1.54, 1.807) is 13.8 Å². The first kappa shape index (κ1) is 12.8. The molecule has 0 heterocycles. The van der Waals surface area contributed by atoms with Crippen molar-refractivity contribution in [3.05, 3.63) is 0 Å². The third kappa shape index (κ3) is 9.76. The van der Waals surface area contributed by atoms with Gasteiger partial charge in [-0.1, -0.05) is 0 Å². The Bertz CT molecular complexity index is 119. The van der Waals surface area contributed by atoms with E-state index < -0.39 is 5.60 Å². The highest BCUT2D eigenvalue weighted by molar-refractivity contribution is 4.64. The Morgan fingerprint density at radius 2 is 2.00 bits per heavy atom. The lowest BCUT2D eigenvalue weighted by Gasteiger charge is -2.20. The maximum Gasteiger partial charge on any atom is 0.0824 e. The molecular formula is C9H20O4. The second-order valence-corrected chi connectivity index (χ2v) is 3.73. The first-order valence-corrected chi connectivity index (χ1v) is 4.48. The zero-order valence-corrected chi connectivity index (χ0v) is 8.62. The van der Waals surface area contributed by atoms with Crippen LogP contribution in [0.25, 0.3) is 0 Å². The first-order chi connectivity index (χ1) is 5.95. The molecule has 0 aromatic carbocycles.